The van der Waals surface area contributed by atoms with E-state index in [-0.39, 0.29) is 0 Å². The fraction of sp³-hybridized carbons (Fsp3) is 0.733. The summed E-state index contributed by atoms with van der Waals surface area (Å²) in [4.78, 5) is 18.1. The summed E-state index contributed by atoms with van der Waals surface area (Å²) >= 11 is 0. The van der Waals surface area contributed by atoms with E-state index in [1.807, 2.05) is 24.9 Å². The predicted octanol–water partition coefficient (Wildman–Crippen LogP) is 2.13. The number of carboxylic acids is 1. The molecule has 0 amide bonds. The number of nitrogens with zero attached hydrogens (tertiary/aromatic N) is 3. The van der Waals surface area contributed by atoms with E-state index >= 15 is 0 Å². The lowest BCUT2D eigenvalue weighted by atomic mass is 9.70. The van der Waals surface area contributed by atoms with Crippen LogP contribution in [-0.2, 0) is 18.4 Å². The molecule has 1 heterocycles. The van der Waals surface area contributed by atoms with Gasteiger partial charge in [0.25, 0.3) is 0 Å². The van der Waals surface area contributed by atoms with Gasteiger partial charge in [0, 0.05) is 26.0 Å². The van der Waals surface area contributed by atoms with Gasteiger partial charge in [-0.15, -0.1) is 0 Å². The van der Waals surface area contributed by atoms with Gasteiger partial charge in [0.15, 0.2) is 0 Å². The number of imidazole rings is 1. The summed E-state index contributed by atoms with van der Waals surface area (Å²) in [5.74, 6) is 0.982. The highest BCUT2D eigenvalue weighted by Gasteiger charge is 2.41. The Morgan fingerprint density at radius 3 is 2.70 bits per heavy atom. The highest BCUT2D eigenvalue weighted by Crippen LogP contribution is 2.39. The Balaban J connectivity index is 2.01. The lowest BCUT2D eigenvalue weighted by Crippen LogP contribution is -2.44. The quantitative estimate of drug-likeness (QED) is 0.897. The minimum Gasteiger partial charge on any atom is -0.481 e. The van der Waals surface area contributed by atoms with Gasteiger partial charge < -0.3 is 9.67 Å². The van der Waals surface area contributed by atoms with Gasteiger partial charge in [-0.1, -0.05) is 6.92 Å². The Morgan fingerprint density at radius 2 is 2.20 bits per heavy atom. The maximum Gasteiger partial charge on any atom is 0.310 e. The van der Waals surface area contributed by atoms with Crippen LogP contribution in [0, 0.1) is 11.3 Å². The maximum atomic E-state index is 11.7. The monoisotopic (exact) mass is 279 g/mol. The van der Waals surface area contributed by atoms with Crippen LogP contribution in [0.1, 0.15) is 38.4 Å². The number of aromatic nitrogens is 2. The van der Waals surface area contributed by atoms with Crippen LogP contribution in [0.3, 0.4) is 0 Å². The first kappa shape index (κ1) is 15.0. The third kappa shape index (κ3) is 3.20. The molecular weight excluding hydrogens is 254 g/mol. The van der Waals surface area contributed by atoms with Crippen LogP contribution >= 0.6 is 0 Å². The number of carboxylic acid groups (broad SMARTS) is 1. The van der Waals surface area contributed by atoms with E-state index in [1.54, 1.807) is 6.20 Å². The van der Waals surface area contributed by atoms with E-state index in [2.05, 4.69) is 16.8 Å². The Bertz CT molecular complexity index is 461. The Labute approximate surface area is 120 Å². The molecular formula is C15H25N3O2. The average molecular weight is 279 g/mol. The summed E-state index contributed by atoms with van der Waals surface area (Å²) in [5, 5.41) is 9.66. The molecule has 0 atom stereocenters. The van der Waals surface area contributed by atoms with Gasteiger partial charge in [-0.05, 0) is 38.6 Å². The zero-order chi connectivity index (χ0) is 14.8. The molecule has 2 rings (SSSR count). The van der Waals surface area contributed by atoms with Crippen molar-refractivity contribution in [1.82, 2.24) is 14.5 Å². The third-order valence-corrected chi connectivity index (χ3v) is 4.59. The van der Waals surface area contributed by atoms with Crippen molar-refractivity contribution in [3.05, 3.63) is 18.2 Å². The normalized spacial score (nSPS) is 26.9. The summed E-state index contributed by atoms with van der Waals surface area (Å²) in [6, 6.07) is 0. The van der Waals surface area contributed by atoms with E-state index < -0.39 is 11.4 Å². The number of aryl methyl sites for hydroxylation is 1. The summed E-state index contributed by atoms with van der Waals surface area (Å²) in [6.45, 7) is 3.50. The molecule has 1 aliphatic carbocycles. The van der Waals surface area contributed by atoms with E-state index in [9.17, 15) is 9.90 Å². The standard InChI is InChI=1S/C15H25N3O2/c1-12-4-6-15(7-5-12,14(19)20)11-17(2)10-13-16-8-9-18(13)3/h8-9,12H,4-7,10-11H2,1-3H3,(H,19,20). The van der Waals surface area contributed by atoms with Crippen LogP contribution in [0.25, 0.3) is 0 Å². The first-order valence-electron chi connectivity index (χ1n) is 7.31. The van der Waals surface area contributed by atoms with Crippen molar-refractivity contribution in [2.45, 2.75) is 39.2 Å². The van der Waals surface area contributed by atoms with Crippen LogP contribution < -0.4 is 0 Å². The van der Waals surface area contributed by atoms with Crippen molar-refractivity contribution >= 4 is 5.97 Å². The third-order valence-electron chi connectivity index (χ3n) is 4.59. The van der Waals surface area contributed by atoms with Crippen molar-refractivity contribution in [3.63, 3.8) is 0 Å². The zero-order valence-corrected chi connectivity index (χ0v) is 12.7. The molecule has 1 aromatic rings. The second-order valence-electron chi connectivity index (χ2n) is 6.39. The molecule has 0 unspecified atom stereocenters. The lowest BCUT2D eigenvalue weighted by Gasteiger charge is -2.38. The van der Waals surface area contributed by atoms with Crippen molar-refractivity contribution in [3.8, 4) is 0 Å². The van der Waals surface area contributed by atoms with Crippen molar-refractivity contribution in [2.24, 2.45) is 18.4 Å². The Morgan fingerprint density at radius 1 is 1.55 bits per heavy atom. The Hall–Kier alpha value is -1.36. The summed E-state index contributed by atoms with van der Waals surface area (Å²) in [7, 11) is 3.95. The second-order valence-corrected chi connectivity index (χ2v) is 6.39. The van der Waals surface area contributed by atoms with Gasteiger partial charge in [-0.25, -0.2) is 4.98 Å². The number of hydrogen-bond donors (Lipinski definition) is 1. The first-order valence-corrected chi connectivity index (χ1v) is 7.31. The van der Waals surface area contributed by atoms with Gasteiger partial charge in [-0.2, -0.15) is 0 Å². The molecule has 5 heteroatoms. The van der Waals surface area contributed by atoms with Crippen LogP contribution in [0.4, 0.5) is 0 Å². The van der Waals surface area contributed by atoms with E-state index in [1.165, 1.54) is 0 Å². The van der Waals surface area contributed by atoms with Gasteiger partial charge in [0.05, 0.1) is 12.0 Å². The molecule has 0 bridgehead atoms. The topological polar surface area (TPSA) is 58.4 Å². The molecule has 112 valence electrons. The van der Waals surface area contributed by atoms with Crippen LogP contribution in [0.2, 0.25) is 0 Å². The van der Waals surface area contributed by atoms with Gasteiger partial charge >= 0.3 is 5.97 Å². The zero-order valence-electron chi connectivity index (χ0n) is 12.7. The number of hydrogen-bond acceptors (Lipinski definition) is 3. The minimum atomic E-state index is -0.643. The van der Waals surface area contributed by atoms with Crippen molar-refractivity contribution in [1.29, 1.82) is 0 Å². The summed E-state index contributed by atoms with van der Waals surface area (Å²) in [5.41, 5.74) is -0.577. The summed E-state index contributed by atoms with van der Waals surface area (Å²) in [6.07, 6.45) is 7.30. The molecule has 1 aliphatic rings. The van der Waals surface area contributed by atoms with Gasteiger partial charge in [0.1, 0.15) is 5.82 Å². The largest absolute Gasteiger partial charge is 0.481 e. The number of rotatable bonds is 5. The van der Waals surface area contributed by atoms with Crippen LogP contribution in [0.15, 0.2) is 12.4 Å². The Kier molecular flexibility index (Phi) is 4.48. The van der Waals surface area contributed by atoms with Crippen LogP contribution in [0.5, 0.6) is 0 Å². The minimum absolute atomic E-state index is 0.577. The first-order chi connectivity index (χ1) is 9.43. The summed E-state index contributed by atoms with van der Waals surface area (Å²) < 4.78 is 1.98. The SMILES string of the molecule is CC1CCC(CN(C)Cc2nccn2C)(C(=O)O)CC1. The van der Waals surface area contributed by atoms with Gasteiger partial charge in [0.2, 0.25) is 0 Å². The van der Waals surface area contributed by atoms with Gasteiger partial charge in [-0.3, -0.25) is 9.69 Å². The molecule has 1 N–H and O–H groups in total. The fourth-order valence-electron chi connectivity index (χ4n) is 3.12. The predicted molar refractivity (Wildman–Crippen MR) is 77.2 cm³/mol. The second kappa shape index (κ2) is 5.95. The van der Waals surface area contributed by atoms with E-state index in [0.717, 1.165) is 31.5 Å². The average Bonchev–Trinajstić information content (AvgIpc) is 2.78. The van der Waals surface area contributed by atoms with E-state index in [0.29, 0.717) is 19.0 Å². The highest BCUT2D eigenvalue weighted by molar-refractivity contribution is 5.75. The van der Waals surface area contributed by atoms with Crippen molar-refractivity contribution in [2.75, 3.05) is 13.6 Å². The number of aliphatic carboxylic acids is 1. The van der Waals surface area contributed by atoms with Crippen LogP contribution in [-0.4, -0.2) is 39.1 Å². The lowest BCUT2D eigenvalue weighted by molar-refractivity contribution is -0.153. The van der Waals surface area contributed by atoms with Crippen molar-refractivity contribution < 1.29 is 9.90 Å². The van der Waals surface area contributed by atoms with E-state index in [4.69, 9.17) is 0 Å². The molecule has 0 spiro atoms. The molecule has 0 aliphatic heterocycles. The molecule has 0 radical (unpaired) electrons. The molecule has 20 heavy (non-hydrogen) atoms. The molecule has 1 fully saturated rings. The molecule has 5 nitrogen and oxygen atoms in total. The fourth-order valence-corrected chi connectivity index (χ4v) is 3.12. The maximum absolute atomic E-state index is 11.7. The molecule has 0 saturated heterocycles. The molecule has 0 aromatic carbocycles. The molecule has 1 aromatic heterocycles. The highest BCUT2D eigenvalue weighted by atomic mass is 16.4. The molecule has 1 saturated carbocycles. The smallest absolute Gasteiger partial charge is 0.310 e. The number of carbonyl (C=O) groups is 1.